The van der Waals surface area contributed by atoms with Crippen LogP contribution >= 0.6 is 0 Å². The van der Waals surface area contributed by atoms with Gasteiger partial charge in [0.2, 0.25) is 0 Å². The van der Waals surface area contributed by atoms with Gasteiger partial charge in [-0.15, -0.1) is 0 Å². The van der Waals surface area contributed by atoms with E-state index >= 15 is 0 Å². The number of fused-ring (bicyclic) bond motifs is 1. The summed E-state index contributed by atoms with van der Waals surface area (Å²) in [6.07, 6.45) is -0.903. The van der Waals surface area contributed by atoms with Crippen LogP contribution in [-0.4, -0.2) is 97.0 Å². The van der Waals surface area contributed by atoms with Crippen LogP contribution in [0.1, 0.15) is 19.3 Å². The Morgan fingerprint density at radius 3 is 2.31 bits per heavy atom. The Balaban J connectivity index is 0.000000298. The van der Waals surface area contributed by atoms with Crippen LogP contribution in [0.3, 0.4) is 0 Å². The first-order valence-electron chi connectivity index (χ1n) is 8.70. The molecular formula is C16H26F3N3O4. The number of carboxylic acid groups (broad SMARTS) is 1. The largest absolute Gasteiger partial charge is 0.490 e. The number of piperazine rings is 1. The Morgan fingerprint density at radius 2 is 1.81 bits per heavy atom. The summed E-state index contributed by atoms with van der Waals surface area (Å²) in [5.74, 6) is -1.92. The van der Waals surface area contributed by atoms with Crippen molar-refractivity contribution in [1.29, 1.82) is 0 Å². The molecular weight excluding hydrogens is 355 g/mol. The van der Waals surface area contributed by atoms with Crippen molar-refractivity contribution in [3.8, 4) is 0 Å². The maximum Gasteiger partial charge on any atom is 0.490 e. The van der Waals surface area contributed by atoms with E-state index < -0.39 is 12.1 Å². The Hall–Kier alpha value is -1.55. The molecule has 2 aliphatic heterocycles. The quantitative estimate of drug-likeness (QED) is 0.802. The highest BCUT2D eigenvalue weighted by molar-refractivity contribution is 5.74. The lowest BCUT2D eigenvalue weighted by molar-refractivity contribution is -0.192. The summed E-state index contributed by atoms with van der Waals surface area (Å²) < 4.78 is 37.7. The van der Waals surface area contributed by atoms with Crippen molar-refractivity contribution >= 4 is 12.0 Å². The summed E-state index contributed by atoms with van der Waals surface area (Å²) in [7, 11) is 3.65. The molecule has 3 fully saturated rings. The fourth-order valence-corrected chi connectivity index (χ4v) is 3.13. The number of alkyl halides is 3. The molecule has 3 rings (SSSR count). The molecule has 0 aromatic heterocycles. The zero-order valence-corrected chi connectivity index (χ0v) is 15.0. The third kappa shape index (κ3) is 6.01. The summed E-state index contributed by atoms with van der Waals surface area (Å²) in [6.45, 7) is 4.71. The van der Waals surface area contributed by atoms with Gasteiger partial charge in [-0.05, 0) is 25.2 Å². The Bertz CT molecular complexity index is 511. The molecule has 0 aromatic rings. The van der Waals surface area contributed by atoms with Crippen LogP contribution in [0.2, 0.25) is 0 Å². The summed E-state index contributed by atoms with van der Waals surface area (Å²) in [5, 5.41) is 7.12. The third-order valence-electron chi connectivity index (χ3n) is 4.74. The van der Waals surface area contributed by atoms with Crippen LogP contribution in [0.25, 0.3) is 0 Å². The highest BCUT2D eigenvalue weighted by Gasteiger charge is 2.39. The number of halogens is 3. The van der Waals surface area contributed by atoms with Crippen molar-refractivity contribution in [2.75, 3.05) is 46.9 Å². The lowest BCUT2D eigenvalue weighted by Gasteiger charge is -2.38. The number of carboxylic acids is 1. The molecule has 2 saturated heterocycles. The van der Waals surface area contributed by atoms with Crippen LogP contribution in [0.15, 0.2) is 0 Å². The Morgan fingerprint density at radius 1 is 1.19 bits per heavy atom. The fourth-order valence-electron chi connectivity index (χ4n) is 3.13. The van der Waals surface area contributed by atoms with Crippen LogP contribution in [0, 0.1) is 5.92 Å². The number of carbonyl (C=O) groups excluding carboxylic acids is 1. The smallest absolute Gasteiger partial charge is 0.475 e. The Kier molecular flexibility index (Phi) is 6.73. The first kappa shape index (κ1) is 20.8. The van der Waals surface area contributed by atoms with Gasteiger partial charge in [0.1, 0.15) is 0 Å². The van der Waals surface area contributed by atoms with E-state index in [2.05, 4.69) is 4.90 Å². The molecule has 1 N–H and O–H groups in total. The van der Waals surface area contributed by atoms with E-state index in [1.54, 1.807) is 4.90 Å². The topological polar surface area (TPSA) is 73.3 Å². The minimum atomic E-state index is -5.08. The van der Waals surface area contributed by atoms with Gasteiger partial charge in [-0.25, -0.2) is 9.59 Å². The molecule has 0 bridgehead atoms. The second-order valence-corrected chi connectivity index (χ2v) is 7.21. The van der Waals surface area contributed by atoms with Crippen molar-refractivity contribution in [3.63, 3.8) is 0 Å². The van der Waals surface area contributed by atoms with E-state index in [-0.39, 0.29) is 6.03 Å². The van der Waals surface area contributed by atoms with E-state index in [4.69, 9.17) is 14.6 Å². The molecule has 0 aromatic carbocycles. The molecule has 150 valence electrons. The van der Waals surface area contributed by atoms with Crippen molar-refractivity contribution in [2.24, 2.45) is 5.92 Å². The highest BCUT2D eigenvalue weighted by atomic mass is 19.4. The lowest BCUT2D eigenvalue weighted by Crippen LogP contribution is -2.54. The van der Waals surface area contributed by atoms with Gasteiger partial charge in [0.15, 0.2) is 0 Å². The molecule has 26 heavy (non-hydrogen) atoms. The minimum Gasteiger partial charge on any atom is -0.475 e. The van der Waals surface area contributed by atoms with Crippen molar-refractivity contribution in [1.82, 2.24) is 14.7 Å². The zero-order chi connectivity index (χ0) is 19.5. The second-order valence-electron chi connectivity index (χ2n) is 7.21. The molecule has 3 aliphatic rings. The van der Waals surface area contributed by atoms with Crippen molar-refractivity contribution < 1.29 is 32.6 Å². The lowest BCUT2D eigenvalue weighted by atomic mass is 10.1. The number of hydrogen-bond donors (Lipinski definition) is 1. The molecule has 0 radical (unpaired) electrons. The summed E-state index contributed by atoms with van der Waals surface area (Å²) in [4.78, 5) is 27.0. The third-order valence-corrected chi connectivity index (χ3v) is 4.74. The molecule has 2 heterocycles. The van der Waals surface area contributed by atoms with Gasteiger partial charge < -0.3 is 19.6 Å². The van der Waals surface area contributed by atoms with E-state index in [0.29, 0.717) is 12.1 Å². The molecule has 1 aliphatic carbocycles. The highest BCUT2D eigenvalue weighted by Crippen LogP contribution is 2.31. The molecule has 10 heteroatoms. The number of carbonyl (C=O) groups is 2. The number of urea groups is 1. The van der Waals surface area contributed by atoms with E-state index in [1.807, 2.05) is 19.0 Å². The number of amides is 2. The zero-order valence-electron chi connectivity index (χ0n) is 15.0. The average molecular weight is 381 g/mol. The molecule has 2 atom stereocenters. The number of aliphatic carboxylic acids is 1. The van der Waals surface area contributed by atoms with E-state index in [1.165, 1.54) is 12.8 Å². The van der Waals surface area contributed by atoms with Gasteiger partial charge in [-0.1, -0.05) is 0 Å². The number of nitrogens with zero attached hydrogens (tertiary/aromatic N) is 3. The van der Waals surface area contributed by atoms with Gasteiger partial charge >= 0.3 is 18.2 Å². The van der Waals surface area contributed by atoms with Crippen LogP contribution in [0.5, 0.6) is 0 Å². The van der Waals surface area contributed by atoms with Crippen LogP contribution < -0.4 is 0 Å². The first-order chi connectivity index (χ1) is 12.1. The van der Waals surface area contributed by atoms with Gasteiger partial charge in [0.05, 0.1) is 6.10 Å². The maximum atomic E-state index is 12.0. The van der Waals surface area contributed by atoms with Gasteiger partial charge in [-0.3, -0.25) is 4.90 Å². The van der Waals surface area contributed by atoms with Gasteiger partial charge in [0.25, 0.3) is 0 Å². The summed E-state index contributed by atoms with van der Waals surface area (Å²) >= 11 is 0. The SMILES string of the molecule is CN(C)C(=O)N1CCN2CC(OCC3CC3)CC2C1.O=C(O)C(F)(F)F. The number of rotatable bonds is 3. The van der Waals surface area contributed by atoms with Crippen molar-refractivity contribution in [2.45, 2.75) is 37.6 Å². The van der Waals surface area contributed by atoms with Crippen LogP contribution in [0.4, 0.5) is 18.0 Å². The molecule has 1 saturated carbocycles. The molecule has 2 amide bonds. The Labute approximate surface area is 150 Å². The first-order valence-corrected chi connectivity index (χ1v) is 8.70. The van der Waals surface area contributed by atoms with Gasteiger partial charge in [-0.2, -0.15) is 13.2 Å². The normalized spacial score (nSPS) is 26.0. The van der Waals surface area contributed by atoms with E-state index in [0.717, 1.165) is 45.1 Å². The molecule has 7 nitrogen and oxygen atoms in total. The van der Waals surface area contributed by atoms with E-state index in [9.17, 15) is 18.0 Å². The minimum absolute atomic E-state index is 0.141. The predicted molar refractivity (Wildman–Crippen MR) is 86.8 cm³/mol. The summed E-state index contributed by atoms with van der Waals surface area (Å²) in [5.41, 5.74) is 0. The average Bonchev–Trinajstić information content (AvgIpc) is 3.29. The standard InChI is InChI=1S/C14H25N3O2.C2HF3O2/c1-15(2)14(18)17-6-5-16-9-13(7-12(16)8-17)19-10-11-3-4-11;3-2(4,5)1(6)7/h11-13H,3-10H2,1-2H3;(H,6,7). The summed E-state index contributed by atoms with van der Waals surface area (Å²) in [6, 6.07) is 0.642. The van der Waals surface area contributed by atoms with Gasteiger partial charge in [0, 0.05) is 52.9 Å². The van der Waals surface area contributed by atoms with Crippen molar-refractivity contribution in [3.05, 3.63) is 0 Å². The number of ether oxygens (including phenoxy) is 1. The monoisotopic (exact) mass is 381 g/mol. The molecule has 0 spiro atoms. The maximum absolute atomic E-state index is 12.0. The predicted octanol–water partition coefficient (Wildman–Crippen LogP) is 1.49. The molecule has 2 unspecified atom stereocenters. The fraction of sp³-hybridized carbons (Fsp3) is 0.875. The second kappa shape index (κ2) is 8.43. The van der Waals surface area contributed by atoms with Crippen LogP contribution in [-0.2, 0) is 9.53 Å². The number of hydrogen-bond acceptors (Lipinski definition) is 4.